The molecule has 4 aromatic rings. The lowest BCUT2D eigenvalue weighted by molar-refractivity contribution is 0.0921. The van der Waals surface area contributed by atoms with Crippen LogP contribution < -0.4 is 5.32 Å². The van der Waals surface area contributed by atoms with Crippen molar-refractivity contribution in [2.45, 2.75) is 32.1 Å². The minimum atomic E-state index is -2.69. The summed E-state index contributed by atoms with van der Waals surface area (Å²) in [6, 6.07) is 7.69. The Kier molecular flexibility index (Phi) is 5.31. The standard InChI is InChI=1S/C23H15F6N5/c24-13-8-12(4-5-23(6-7-23)21(28)29)9-14(10-13)30-20-19-15(25)2-1-3-16(19)34-18(11-17(26)27)32-33-22(34)31-20/h1-3,8-10,17,21H,6-7,11H2,(H,30,31,33). The van der Waals surface area contributed by atoms with Gasteiger partial charge in [0, 0.05) is 11.3 Å². The van der Waals surface area contributed by atoms with Crippen LogP contribution in [0.15, 0.2) is 36.4 Å². The number of fused-ring (bicyclic) bond motifs is 3. The molecule has 2 aromatic carbocycles. The summed E-state index contributed by atoms with van der Waals surface area (Å²) in [5, 5.41) is 10.3. The number of halogens is 6. The minimum absolute atomic E-state index is 0.0446. The number of hydrogen-bond donors (Lipinski definition) is 1. The van der Waals surface area contributed by atoms with Crippen molar-refractivity contribution >= 4 is 28.2 Å². The monoisotopic (exact) mass is 475 g/mol. The zero-order chi connectivity index (χ0) is 24.0. The van der Waals surface area contributed by atoms with Gasteiger partial charge < -0.3 is 5.32 Å². The van der Waals surface area contributed by atoms with E-state index >= 15 is 0 Å². The van der Waals surface area contributed by atoms with E-state index in [0.717, 1.165) is 12.1 Å². The van der Waals surface area contributed by atoms with E-state index in [1.165, 1.54) is 28.7 Å². The topological polar surface area (TPSA) is 55.1 Å². The van der Waals surface area contributed by atoms with Gasteiger partial charge in [0.05, 0.1) is 22.7 Å². The Morgan fingerprint density at radius 1 is 1.06 bits per heavy atom. The molecule has 2 aromatic heterocycles. The number of anilines is 2. The van der Waals surface area contributed by atoms with Gasteiger partial charge in [0.15, 0.2) is 0 Å². The van der Waals surface area contributed by atoms with Gasteiger partial charge in [0.2, 0.25) is 6.43 Å². The molecule has 0 amide bonds. The van der Waals surface area contributed by atoms with Crippen molar-refractivity contribution in [1.82, 2.24) is 19.6 Å². The molecule has 1 N–H and O–H groups in total. The summed E-state index contributed by atoms with van der Waals surface area (Å²) in [7, 11) is 0. The number of benzene rings is 2. The number of rotatable bonds is 5. The smallest absolute Gasteiger partial charge is 0.257 e. The molecule has 1 aliphatic carbocycles. The van der Waals surface area contributed by atoms with E-state index < -0.39 is 36.3 Å². The molecule has 0 saturated heterocycles. The van der Waals surface area contributed by atoms with Crippen LogP contribution in [0, 0.1) is 28.9 Å². The van der Waals surface area contributed by atoms with Crippen LogP contribution in [0.5, 0.6) is 0 Å². The third kappa shape index (κ3) is 4.00. The van der Waals surface area contributed by atoms with Crippen molar-refractivity contribution in [3.63, 3.8) is 0 Å². The summed E-state index contributed by atoms with van der Waals surface area (Å²) in [5.41, 5.74) is -0.866. The van der Waals surface area contributed by atoms with Gasteiger partial charge in [-0.25, -0.2) is 26.3 Å². The second-order valence-electron chi connectivity index (χ2n) is 8.00. The van der Waals surface area contributed by atoms with Crippen LogP contribution in [0.4, 0.5) is 37.8 Å². The lowest BCUT2D eigenvalue weighted by Crippen LogP contribution is -2.09. The molecular weight excluding hydrogens is 460 g/mol. The Morgan fingerprint density at radius 2 is 1.85 bits per heavy atom. The zero-order valence-electron chi connectivity index (χ0n) is 17.3. The number of nitrogens with one attached hydrogen (secondary N) is 1. The van der Waals surface area contributed by atoms with E-state index in [1.54, 1.807) is 0 Å². The molecule has 0 aliphatic heterocycles. The molecule has 0 atom stereocenters. The number of hydrogen-bond acceptors (Lipinski definition) is 4. The molecule has 0 unspecified atom stereocenters. The summed E-state index contributed by atoms with van der Waals surface area (Å²) in [6.07, 6.45) is -5.43. The highest BCUT2D eigenvalue weighted by Crippen LogP contribution is 2.50. The summed E-state index contributed by atoms with van der Waals surface area (Å²) < 4.78 is 82.5. The molecule has 0 radical (unpaired) electrons. The lowest BCUT2D eigenvalue weighted by atomic mass is 10.1. The van der Waals surface area contributed by atoms with E-state index in [2.05, 4.69) is 32.3 Å². The molecule has 174 valence electrons. The normalized spacial score (nSPS) is 14.6. The summed E-state index contributed by atoms with van der Waals surface area (Å²) in [5.74, 6) is 3.54. The maximum absolute atomic E-state index is 14.8. The van der Waals surface area contributed by atoms with Crippen LogP contribution >= 0.6 is 0 Å². The molecule has 1 fully saturated rings. The molecular formula is C23H15F6N5. The first kappa shape index (κ1) is 22.0. The van der Waals surface area contributed by atoms with Gasteiger partial charge in [-0.15, -0.1) is 10.2 Å². The third-order valence-electron chi connectivity index (χ3n) is 5.55. The average Bonchev–Trinajstić information content (AvgIpc) is 3.47. The largest absolute Gasteiger partial charge is 0.339 e. The SMILES string of the molecule is Fc1cc(C#CC2(C(F)F)CC2)cc(Nc2nc3nnc(CC(F)F)n3c3cccc(F)c23)c1. The van der Waals surface area contributed by atoms with Gasteiger partial charge in [0.1, 0.15) is 23.3 Å². The van der Waals surface area contributed by atoms with E-state index in [9.17, 15) is 26.3 Å². The van der Waals surface area contributed by atoms with Gasteiger partial charge in [-0.2, -0.15) is 4.98 Å². The minimum Gasteiger partial charge on any atom is -0.339 e. The Balaban J connectivity index is 1.58. The first-order valence-electron chi connectivity index (χ1n) is 10.2. The van der Waals surface area contributed by atoms with Crippen LogP contribution in [-0.4, -0.2) is 32.4 Å². The summed E-state index contributed by atoms with van der Waals surface area (Å²) in [6.45, 7) is 0. The van der Waals surface area contributed by atoms with Crippen LogP contribution in [0.25, 0.3) is 16.7 Å². The molecule has 11 heteroatoms. The lowest BCUT2D eigenvalue weighted by Gasteiger charge is -2.12. The first-order valence-corrected chi connectivity index (χ1v) is 10.2. The third-order valence-corrected chi connectivity index (χ3v) is 5.55. The molecule has 5 rings (SSSR count). The van der Waals surface area contributed by atoms with Crippen molar-refractivity contribution < 1.29 is 26.3 Å². The van der Waals surface area contributed by atoms with Crippen LogP contribution in [0.3, 0.4) is 0 Å². The predicted molar refractivity (Wildman–Crippen MR) is 112 cm³/mol. The highest BCUT2D eigenvalue weighted by atomic mass is 19.3. The Labute approximate surface area is 188 Å². The Morgan fingerprint density at radius 3 is 2.56 bits per heavy atom. The molecule has 34 heavy (non-hydrogen) atoms. The molecule has 1 aliphatic rings. The summed E-state index contributed by atoms with van der Waals surface area (Å²) in [4.78, 5) is 4.20. The highest BCUT2D eigenvalue weighted by Gasteiger charge is 2.49. The van der Waals surface area contributed by atoms with Crippen LogP contribution in [0.1, 0.15) is 24.2 Å². The van der Waals surface area contributed by atoms with Crippen LogP contribution in [-0.2, 0) is 6.42 Å². The fourth-order valence-corrected chi connectivity index (χ4v) is 3.68. The number of aromatic nitrogens is 4. The maximum atomic E-state index is 14.8. The van der Waals surface area contributed by atoms with Gasteiger partial charge in [-0.3, -0.25) is 4.40 Å². The molecule has 0 spiro atoms. The predicted octanol–water partition coefficient (Wildman–Crippen LogP) is 5.50. The molecule has 0 bridgehead atoms. The van der Waals surface area contributed by atoms with E-state index in [4.69, 9.17) is 0 Å². The fraction of sp³-hybridized carbons (Fsp3) is 0.261. The van der Waals surface area contributed by atoms with E-state index in [1.807, 2.05) is 0 Å². The van der Waals surface area contributed by atoms with Gasteiger partial charge in [0.25, 0.3) is 12.2 Å². The molecule has 5 nitrogen and oxygen atoms in total. The van der Waals surface area contributed by atoms with Crippen molar-refractivity contribution in [2.75, 3.05) is 5.32 Å². The quantitative estimate of drug-likeness (QED) is 0.306. The Hall–Kier alpha value is -3.81. The maximum Gasteiger partial charge on any atom is 0.257 e. The van der Waals surface area contributed by atoms with Gasteiger partial charge in [-0.1, -0.05) is 17.9 Å². The molecule has 1 saturated carbocycles. The first-order chi connectivity index (χ1) is 16.3. The Bertz CT molecular complexity index is 1470. The second kappa shape index (κ2) is 8.20. The van der Waals surface area contributed by atoms with E-state index in [-0.39, 0.29) is 52.4 Å². The summed E-state index contributed by atoms with van der Waals surface area (Å²) >= 11 is 0. The second-order valence-corrected chi connectivity index (χ2v) is 8.00. The van der Waals surface area contributed by atoms with Crippen molar-refractivity contribution in [2.24, 2.45) is 5.41 Å². The molecule has 2 heterocycles. The van der Waals surface area contributed by atoms with Crippen molar-refractivity contribution in [3.8, 4) is 11.8 Å². The van der Waals surface area contributed by atoms with Crippen molar-refractivity contribution in [1.29, 1.82) is 0 Å². The van der Waals surface area contributed by atoms with Gasteiger partial charge in [-0.05, 0) is 43.2 Å². The highest BCUT2D eigenvalue weighted by molar-refractivity contribution is 5.93. The van der Waals surface area contributed by atoms with E-state index in [0.29, 0.717) is 0 Å². The van der Waals surface area contributed by atoms with Crippen molar-refractivity contribution in [3.05, 3.63) is 59.4 Å². The van der Waals surface area contributed by atoms with Crippen LogP contribution in [0.2, 0.25) is 0 Å². The van der Waals surface area contributed by atoms with Gasteiger partial charge >= 0.3 is 0 Å². The fourth-order valence-electron chi connectivity index (χ4n) is 3.68. The zero-order valence-corrected chi connectivity index (χ0v) is 17.3. The number of alkyl halides is 4. The number of nitrogens with zero attached hydrogens (tertiary/aromatic N) is 4. The average molecular weight is 475 g/mol.